The number of methoxy groups -OCH3 is 1. The predicted octanol–water partition coefficient (Wildman–Crippen LogP) is 3.35. The van der Waals surface area contributed by atoms with Crippen molar-refractivity contribution in [2.24, 2.45) is 4.99 Å². The number of hydrogen-bond donors (Lipinski definition) is 1. The Hall–Kier alpha value is -0.470. The van der Waals surface area contributed by atoms with Gasteiger partial charge in [0.05, 0.1) is 6.61 Å². The molecular weight excluding hydrogens is 421 g/mol. The lowest BCUT2D eigenvalue weighted by Crippen LogP contribution is -2.47. The van der Waals surface area contributed by atoms with Crippen molar-refractivity contribution in [3.63, 3.8) is 0 Å². The molecule has 0 aliphatic carbocycles. The number of halogens is 1. The second-order valence-corrected chi connectivity index (χ2v) is 6.91. The first-order valence-corrected chi connectivity index (χ1v) is 8.95. The van der Waals surface area contributed by atoms with E-state index in [2.05, 4.69) is 58.2 Å². The number of guanidine groups is 1. The third kappa shape index (κ3) is 6.51. The Morgan fingerprint density at radius 2 is 2.04 bits per heavy atom. The summed E-state index contributed by atoms with van der Waals surface area (Å²) < 4.78 is 5.14. The summed E-state index contributed by atoms with van der Waals surface area (Å²) in [5, 5.41) is 4.21. The van der Waals surface area contributed by atoms with Crippen molar-refractivity contribution in [3.05, 3.63) is 35.4 Å². The minimum absolute atomic E-state index is 0. The van der Waals surface area contributed by atoms with Crippen molar-refractivity contribution in [1.82, 2.24) is 10.2 Å². The average molecular weight is 449 g/mol. The van der Waals surface area contributed by atoms with Crippen molar-refractivity contribution < 1.29 is 4.74 Å². The van der Waals surface area contributed by atoms with Crippen LogP contribution in [-0.4, -0.2) is 49.1 Å². The van der Waals surface area contributed by atoms with E-state index in [1.165, 1.54) is 23.3 Å². The molecule has 1 aliphatic rings. The Kier molecular flexibility index (Phi) is 9.97. The molecule has 0 saturated carbocycles. The molecule has 0 amide bonds. The molecule has 1 saturated heterocycles. The highest BCUT2D eigenvalue weighted by molar-refractivity contribution is 14.0. The Morgan fingerprint density at radius 1 is 1.35 bits per heavy atom. The molecule has 1 heterocycles. The molecule has 0 bridgehead atoms. The zero-order valence-electron chi connectivity index (χ0n) is 14.2. The highest BCUT2D eigenvalue weighted by Gasteiger charge is 2.21. The Bertz CT molecular complexity index is 481. The van der Waals surface area contributed by atoms with Crippen molar-refractivity contribution in [2.45, 2.75) is 31.7 Å². The zero-order valence-corrected chi connectivity index (χ0v) is 17.4. The third-order valence-corrected chi connectivity index (χ3v) is 5.26. The minimum atomic E-state index is 0. The van der Waals surface area contributed by atoms with Crippen LogP contribution in [0.15, 0.2) is 29.3 Å². The molecule has 0 radical (unpaired) electrons. The number of nitrogens with one attached hydrogen (secondary N) is 1. The summed E-state index contributed by atoms with van der Waals surface area (Å²) in [6, 6.07) is 8.53. The highest BCUT2D eigenvalue weighted by atomic mass is 127. The van der Waals surface area contributed by atoms with E-state index in [1.54, 1.807) is 7.11 Å². The molecule has 1 N–H and O–H groups in total. The molecule has 1 atom stereocenters. The summed E-state index contributed by atoms with van der Waals surface area (Å²) >= 11 is 2.08. The second kappa shape index (κ2) is 11.1. The largest absolute Gasteiger partial charge is 0.380 e. The molecule has 1 aliphatic heterocycles. The molecule has 2 rings (SSSR count). The van der Waals surface area contributed by atoms with Crippen LogP contribution in [0.1, 0.15) is 24.5 Å². The fourth-order valence-electron chi connectivity index (χ4n) is 2.59. The number of rotatable bonds is 5. The van der Waals surface area contributed by atoms with Crippen LogP contribution in [0.25, 0.3) is 0 Å². The maximum atomic E-state index is 5.14. The van der Waals surface area contributed by atoms with Crippen LogP contribution in [0.3, 0.4) is 0 Å². The summed E-state index contributed by atoms with van der Waals surface area (Å²) in [5.41, 5.74) is 2.47. The summed E-state index contributed by atoms with van der Waals surface area (Å²) in [7, 11) is 3.59. The molecule has 0 aromatic heterocycles. The number of hydrogen-bond acceptors (Lipinski definition) is 3. The quantitative estimate of drug-likeness (QED) is 0.425. The van der Waals surface area contributed by atoms with Crippen molar-refractivity contribution in [3.8, 4) is 0 Å². The molecule has 4 nitrogen and oxygen atoms in total. The first-order valence-electron chi connectivity index (χ1n) is 7.90. The van der Waals surface area contributed by atoms with Crippen LogP contribution in [0.2, 0.25) is 0 Å². The number of nitrogens with zero attached hydrogens (tertiary/aromatic N) is 2. The highest BCUT2D eigenvalue weighted by Crippen LogP contribution is 2.21. The molecule has 1 aromatic rings. The maximum absolute atomic E-state index is 5.14. The number of benzene rings is 1. The first-order chi connectivity index (χ1) is 10.8. The standard InChI is InChI=1S/C17H27N3OS.HI/c1-4-16-12-20(9-10-22-16)17(18-2)19-11-14-5-7-15(8-6-14)13-21-3;/h5-8,16H,4,9-13H2,1-3H3,(H,18,19);1H. The van der Waals surface area contributed by atoms with Crippen LogP contribution >= 0.6 is 35.7 Å². The van der Waals surface area contributed by atoms with E-state index in [9.17, 15) is 0 Å². The van der Waals surface area contributed by atoms with Crippen LogP contribution in [0, 0.1) is 0 Å². The zero-order chi connectivity index (χ0) is 15.8. The van der Waals surface area contributed by atoms with E-state index >= 15 is 0 Å². The van der Waals surface area contributed by atoms with Gasteiger partial charge in [-0.25, -0.2) is 0 Å². The Labute approximate surface area is 161 Å². The molecule has 1 aromatic carbocycles. The van der Waals surface area contributed by atoms with Gasteiger partial charge in [-0.1, -0.05) is 31.2 Å². The number of ether oxygens (including phenoxy) is 1. The molecular formula is C17H28IN3OS. The lowest BCUT2D eigenvalue weighted by molar-refractivity contribution is 0.185. The monoisotopic (exact) mass is 449 g/mol. The van der Waals surface area contributed by atoms with Gasteiger partial charge in [-0.05, 0) is 17.5 Å². The van der Waals surface area contributed by atoms with Crippen molar-refractivity contribution in [2.75, 3.05) is 33.0 Å². The third-order valence-electron chi connectivity index (χ3n) is 3.89. The topological polar surface area (TPSA) is 36.9 Å². The summed E-state index contributed by atoms with van der Waals surface area (Å²) in [6.45, 7) is 5.90. The second-order valence-electron chi connectivity index (χ2n) is 5.50. The SMILES string of the molecule is CCC1CN(C(=NC)NCc2ccc(COC)cc2)CCS1.I. The lowest BCUT2D eigenvalue weighted by atomic mass is 10.1. The molecule has 130 valence electrons. The van der Waals surface area contributed by atoms with E-state index in [0.717, 1.165) is 30.8 Å². The van der Waals surface area contributed by atoms with Gasteiger partial charge in [0.25, 0.3) is 0 Å². The minimum Gasteiger partial charge on any atom is -0.380 e. The van der Waals surface area contributed by atoms with Gasteiger partial charge in [-0.2, -0.15) is 11.8 Å². The summed E-state index contributed by atoms with van der Waals surface area (Å²) in [6.07, 6.45) is 1.22. The van der Waals surface area contributed by atoms with E-state index < -0.39 is 0 Å². The van der Waals surface area contributed by atoms with Gasteiger partial charge < -0.3 is 15.0 Å². The van der Waals surface area contributed by atoms with E-state index in [-0.39, 0.29) is 24.0 Å². The van der Waals surface area contributed by atoms with E-state index in [1.807, 2.05) is 7.05 Å². The predicted molar refractivity (Wildman–Crippen MR) is 111 cm³/mol. The van der Waals surface area contributed by atoms with Crippen molar-refractivity contribution in [1.29, 1.82) is 0 Å². The van der Waals surface area contributed by atoms with Gasteiger partial charge in [-0.3, -0.25) is 4.99 Å². The maximum Gasteiger partial charge on any atom is 0.193 e. The lowest BCUT2D eigenvalue weighted by Gasteiger charge is -2.34. The normalized spacial score (nSPS) is 18.5. The van der Waals surface area contributed by atoms with Gasteiger partial charge in [0.15, 0.2) is 5.96 Å². The smallest absolute Gasteiger partial charge is 0.193 e. The van der Waals surface area contributed by atoms with Gasteiger partial charge in [0, 0.05) is 44.8 Å². The summed E-state index contributed by atoms with van der Waals surface area (Å²) in [4.78, 5) is 6.82. The van der Waals surface area contributed by atoms with Crippen LogP contribution in [0.4, 0.5) is 0 Å². The van der Waals surface area contributed by atoms with Gasteiger partial charge in [-0.15, -0.1) is 24.0 Å². The fraction of sp³-hybridized carbons (Fsp3) is 0.588. The Morgan fingerprint density at radius 3 is 2.65 bits per heavy atom. The number of aliphatic imine (C=N–C) groups is 1. The molecule has 23 heavy (non-hydrogen) atoms. The Balaban J connectivity index is 0.00000264. The summed E-state index contributed by atoms with van der Waals surface area (Å²) in [5.74, 6) is 2.20. The van der Waals surface area contributed by atoms with Crippen LogP contribution in [0.5, 0.6) is 0 Å². The van der Waals surface area contributed by atoms with Crippen molar-refractivity contribution >= 4 is 41.7 Å². The van der Waals surface area contributed by atoms with Gasteiger partial charge in [0.2, 0.25) is 0 Å². The first kappa shape index (κ1) is 20.6. The molecule has 0 spiro atoms. The van der Waals surface area contributed by atoms with E-state index in [4.69, 9.17) is 4.74 Å². The van der Waals surface area contributed by atoms with Crippen LogP contribution < -0.4 is 5.32 Å². The average Bonchev–Trinajstić information content (AvgIpc) is 2.57. The molecule has 6 heteroatoms. The fourth-order valence-corrected chi connectivity index (χ4v) is 3.77. The number of thioether (sulfide) groups is 1. The van der Waals surface area contributed by atoms with Gasteiger partial charge in [0.1, 0.15) is 0 Å². The van der Waals surface area contributed by atoms with Crippen LogP contribution in [-0.2, 0) is 17.9 Å². The molecule has 1 unspecified atom stereocenters. The van der Waals surface area contributed by atoms with E-state index in [0.29, 0.717) is 6.61 Å². The molecule has 1 fully saturated rings. The van der Waals surface area contributed by atoms with Gasteiger partial charge >= 0.3 is 0 Å².